The second kappa shape index (κ2) is 8.04. The molecular weight excluding hydrogens is 384 g/mol. The first kappa shape index (κ1) is 19.1. The number of carboxylic acid groups (broad SMARTS) is 2. The summed E-state index contributed by atoms with van der Waals surface area (Å²) < 4.78 is 3.89. The summed E-state index contributed by atoms with van der Waals surface area (Å²) in [5.74, 6) is -0.541. The molecule has 0 spiro atoms. The van der Waals surface area contributed by atoms with Gasteiger partial charge in [-0.3, -0.25) is 0 Å². The number of aromatic carboxylic acids is 2. The Morgan fingerprint density at radius 1 is 0.667 bits per heavy atom. The molecule has 8 nitrogen and oxygen atoms in total. The molecule has 0 amide bonds. The lowest BCUT2D eigenvalue weighted by Crippen LogP contribution is -2.07. The van der Waals surface area contributed by atoms with E-state index in [1.807, 2.05) is 21.5 Å². The van der Waals surface area contributed by atoms with E-state index in [0.29, 0.717) is 24.7 Å². The molecule has 0 atom stereocenters. The van der Waals surface area contributed by atoms with E-state index in [4.69, 9.17) is 10.2 Å². The predicted molar refractivity (Wildman–Crippen MR) is 108 cm³/mol. The maximum atomic E-state index is 11.0. The summed E-state index contributed by atoms with van der Waals surface area (Å²) in [7, 11) is 0. The zero-order valence-electron chi connectivity index (χ0n) is 15.8. The molecule has 4 rings (SSSR count). The minimum atomic E-state index is -0.955. The number of imidazole rings is 2. The third-order valence-corrected chi connectivity index (χ3v) is 4.74. The monoisotopic (exact) mass is 402 g/mol. The fraction of sp³-hybridized carbons (Fsp3) is 0.0909. The first-order valence-electron chi connectivity index (χ1n) is 9.18. The Balaban J connectivity index is 1.56. The summed E-state index contributed by atoms with van der Waals surface area (Å²) in [5, 5.41) is 18.1. The molecule has 0 unspecified atom stereocenters. The molecule has 2 aromatic heterocycles. The SMILES string of the molecule is O=C(O)c1ccc(Cn2ccnc2-c2nccn2Cc2ccc(C(=O)O)cc2)cc1. The third-order valence-electron chi connectivity index (χ3n) is 4.74. The Morgan fingerprint density at radius 3 is 1.37 bits per heavy atom. The molecule has 2 N–H and O–H groups in total. The first-order chi connectivity index (χ1) is 14.5. The first-order valence-corrected chi connectivity index (χ1v) is 9.18. The Bertz CT molecular complexity index is 1090. The van der Waals surface area contributed by atoms with Gasteiger partial charge in [-0.05, 0) is 35.4 Å². The largest absolute Gasteiger partial charge is 0.478 e. The van der Waals surface area contributed by atoms with Crippen molar-refractivity contribution in [2.24, 2.45) is 0 Å². The van der Waals surface area contributed by atoms with Crippen LogP contribution in [0, 0.1) is 0 Å². The second-order valence-electron chi connectivity index (χ2n) is 6.76. The maximum absolute atomic E-state index is 11.0. The standard InChI is InChI=1S/C22H18N4O4/c27-21(28)17-5-1-15(2-6-17)13-25-11-9-23-19(25)20-24-10-12-26(20)14-16-3-7-18(8-4-16)22(29)30/h1-12H,13-14H2,(H,27,28)(H,29,30). The van der Waals surface area contributed by atoms with Crippen LogP contribution in [0.2, 0.25) is 0 Å². The lowest BCUT2D eigenvalue weighted by atomic mass is 10.1. The van der Waals surface area contributed by atoms with Crippen molar-refractivity contribution >= 4 is 11.9 Å². The molecule has 0 saturated heterocycles. The number of hydrogen-bond acceptors (Lipinski definition) is 4. The predicted octanol–water partition coefficient (Wildman–Crippen LogP) is 3.24. The van der Waals surface area contributed by atoms with Crippen molar-refractivity contribution < 1.29 is 19.8 Å². The summed E-state index contributed by atoms with van der Waals surface area (Å²) in [5.41, 5.74) is 2.38. The van der Waals surface area contributed by atoms with Crippen LogP contribution in [-0.4, -0.2) is 41.3 Å². The topological polar surface area (TPSA) is 110 Å². The Kier molecular flexibility index (Phi) is 5.13. The van der Waals surface area contributed by atoms with Gasteiger partial charge < -0.3 is 19.3 Å². The van der Waals surface area contributed by atoms with E-state index in [1.54, 1.807) is 60.9 Å². The van der Waals surface area contributed by atoms with Gasteiger partial charge in [0.05, 0.1) is 11.1 Å². The van der Waals surface area contributed by atoms with Gasteiger partial charge in [-0.1, -0.05) is 24.3 Å². The van der Waals surface area contributed by atoms with E-state index in [1.165, 1.54) is 0 Å². The highest BCUT2D eigenvalue weighted by Gasteiger charge is 2.13. The summed E-state index contributed by atoms with van der Waals surface area (Å²) in [6, 6.07) is 13.4. The number of aromatic nitrogens is 4. The number of nitrogens with zero attached hydrogens (tertiary/aromatic N) is 4. The highest BCUT2D eigenvalue weighted by Crippen LogP contribution is 2.19. The van der Waals surface area contributed by atoms with Gasteiger partial charge in [0.25, 0.3) is 0 Å². The smallest absolute Gasteiger partial charge is 0.335 e. The van der Waals surface area contributed by atoms with Gasteiger partial charge in [0.1, 0.15) is 0 Å². The molecule has 0 bridgehead atoms. The van der Waals surface area contributed by atoms with E-state index in [9.17, 15) is 9.59 Å². The fourth-order valence-corrected chi connectivity index (χ4v) is 3.18. The van der Waals surface area contributed by atoms with Crippen molar-refractivity contribution in [2.45, 2.75) is 13.1 Å². The molecule has 0 radical (unpaired) electrons. The highest BCUT2D eigenvalue weighted by molar-refractivity contribution is 5.88. The van der Waals surface area contributed by atoms with E-state index >= 15 is 0 Å². The molecule has 0 fully saturated rings. The zero-order chi connectivity index (χ0) is 21.1. The van der Waals surface area contributed by atoms with Crippen LogP contribution < -0.4 is 0 Å². The third kappa shape index (κ3) is 3.97. The summed E-state index contributed by atoms with van der Waals surface area (Å²) in [6.45, 7) is 1.05. The van der Waals surface area contributed by atoms with Crippen molar-refractivity contribution in [3.63, 3.8) is 0 Å². The summed E-state index contributed by atoms with van der Waals surface area (Å²) in [4.78, 5) is 30.9. The molecule has 0 aliphatic rings. The van der Waals surface area contributed by atoms with Gasteiger partial charge in [0.15, 0.2) is 11.6 Å². The molecule has 30 heavy (non-hydrogen) atoms. The molecule has 0 saturated carbocycles. The molecule has 4 aromatic rings. The highest BCUT2D eigenvalue weighted by atomic mass is 16.4. The molecule has 2 aromatic carbocycles. The Labute approximate surface area is 171 Å². The lowest BCUT2D eigenvalue weighted by Gasteiger charge is -2.11. The van der Waals surface area contributed by atoms with Crippen LogP contribution in [0.15, 0.2) is 73.3 Å². The maximum Gasteiger partial charge on any atom is 0.335 e. The quantitative estimate of drug-likeness (QED) is 0.491. The molecular formula is C22H18N4O4. The Morgan fingerprint density at radius 2 is 1.03 bits per heavy atom. The number of benzene rings is 2. The average Bonchev–Trinajstić information content (AvgIpc) is 3.38. The van der Waals surface area contributed by atoms with Crippen molar-refractivity contribution in [3.05, 3.63) is 95.6 Å². The van der Waals surface area contributed by atoms with Gasteiger partial charge in [0.2, 0.25) is 0 Å². The van der Waals surface area contributed by atoms with Crippen LogP contribution >= 0.6 is 0 Å². The van der Waals surface area contributed by atoms with Crippen LogP contribution in [0.5, 0.6) is 0 Å². The van der Waals surface area contributed by atoms with Gasteiger partial charge in [-0.25, -0.2) is 19.6 Å². The van der Waals surface area contributed by atoms with Crippen LogP contribution in [-0.2, 0) is 13.1 Å². The summed E-state index contributed by atoms with van der Waals surface area (Å²) in [6.07, 6.45) is 7.09. The van der Waals surface area contributed by atoms with Crippen LogP contribution in [0.3, 0.4) is 0 Å². The molecule has 0 aliphatic heterocycles. The number of hydrogen-bond donors (Lipinski definition) is 2. The minimum absolute atomic E-state index is 0.245. The van der Waals surface area contributed by atoms with Crippen molar-refractivity contribution in [2.75, 3.05) is 0 Å². The molecule has 2 heterocycles. The zero-order valence-corrected chi connectivity index (χ0v) is 15.8. The number of carboxylic acids is 2. The van der Waals surface area contributed by atoms with Gasteiger partial charge in [0, 0.05) is 37.9 Å². The van der Waals surface area contributed by atoms with Gasteiger partial charge in [-0.2, -0.15) is 0 Å². The summed E-state index contributed by atoms with van der Waals surface area (Å²) >= 11 is 0. The van der Waals surface area contributed by atoms with E-state index < -0.39 is 11.9 Å². The van der Waals surface area contributed by atoms with Gasteiger partial charge in [-0.15, -0.1) is 0 Å². The lowest BCUT2D eigenvalue weighted by molar-refractivity contribution is 0.0686. The second-order valence-corrected chi connectivity index (χ2v) is 6.76. The van der Waals surface area contributed by atoms with E-state index in [2.05, 4.69) is 9.97 Å². The van der Waals surface area contributed by atoms with Crippen LogP contribution in [0.1, 0.15) is 31.8 Å². The average molecular weight is 402 g/mol. The fourth-order valence-electron chi connectivity index (χ4n) is 3.18. The molecule has 8 heteroatoms. The molecule has 0 aliphatic carbocycles. The van der Waals surface area contributed by atoms with Crippen molar-refractivity contribution in [1.82, 2.24) is 19.1 Å². The molecule has 150 valence electrons. The normalized spacial score (nSPS) is 10.8. The van der Waals surface area contributed by atoms with Crippen LogP contribution in [0.4, 0.5) is 0 Å². The number of rotatable bonds is 7. The number of carbonyl (C=O) groups is 2. The minimum Gasteiger partial charge on any atom is -0.478 e. The van der Waals surface area contributed by atoms with E-state index in [0.717, 1.165) is 11.1 Å². The van der Waals surface area contributed by atoms with Crippen LogP contribution in [0.25, 0.3) is 11.6 Å². The van der Waals surface area contributed by atoms with Gasteiger partial charge >= 0.3 is 11.9 Å². The van der Waals surface area contributed by atoms with Crippen molar-refractivity contribution in [3.8, 4) is 11.6 Å². The Hall–Kier alpha value is -4.20. The van der Waals surface area contributed by atoms with Crippen molar-refractivity contribution in [1.29, 1.82) is 0 Å². The van der Waals surface area contributed by atoms with E-state index in [-0.39, 0.29) is 11.1 Å².